The fraction of sp³-hybridized carbons (Fsp3) is 0.191. The first-order valence-electron chi connectivity index (χ1n) is 19.8. The minimum Gasteiger partial charge on any atom is -0.493 e. The summed E-state index contributed by atoms with van der Waals surface area (Å²) in [5.41, 5.74) is 4.29. The highest BCUT2D eigenvalue weighted by Gasteiger charge is 2.31. The van der Waals surface area contributed by atoms with Gasteiger partial charge in [-0.25, -0.2) is 26.4 Å². The molecule has 65 heavy (non-hydrogen) atoms. The number of hydrogen-bond donors (Lipinski definition) is 4. The van der Waals surface area contributed by atoms with Crippen molar-refractivity contribution in [3.8, 4) is 17.2 Å². The third kappa shape index (κ3) is 14.0. The monoisotopic (exact) mass is 934 g/mol. The molecule has 0 aliphatic heterocycles. The van der Waals surface area contributed by atoms with Crippen molar-refractivity contribution in [2.45, 2.75) is 54.7 Å². The molecule has 0 atom stereocenters. The number of nitrogens with one attached hydrogen (secondary N) is 2. The summed E-state index contributed by atoms with van der Waals surface area (Å²) < 4.78 is 108. The van der Waals surface area contributed by atoms with Crippen molar-refractivity contribution in [1.29, 1.82) is 0 Å². The number of carbonyl (C=O) groups is 2. The minimum absolute atomic E-state index is 0.0559. The van der Waals surface area contributed by atoms with Crippen molar-refractivity contribution in [2.24, 2.45) is 0 Å². The molecule has 0 heterocycles. The van der Waals surface area contributed by atoms with E-state index in [2.05, 4.69) is 14.2 Å². The normalized spacial score (nSPS) is 11.4. The molecular weight excluding hydrogens is 890 g/mol. The number of carboxylic acids is 2. The van der Waals surface area contributed by atoms with Crippen LogP contribution in [0.5, 0.6) is 17.2 Å². The molecule has 6 aromatic rings. The Morgan fingerprint density at radius 1 is 0.523 bits per heavy atom. The van der Waals surface area contributed by atoms with Gasteiger partial charge in [0.1, 0.15) is 5.75 Å². The molecule has 0 aliphatic carbocycles. The first kappa shape index (κ1) is 49.0. The lowest BCUT2D eigenvalue weighted by atomic mass is 9.99. The molecule has 0 bridgehead atoms. The van der Waals surface area contributed by atoms with Crippen LogP contribution in [0.1, 0.15) is 55.8 Å². The Labute approximate surface area is 374 Å². The Morgan fingerprint density at radius 3 is 1.34 bits per heavy atom. The van der Waals surface area contributed by atoms with Crippen LogP contribution >= 0.6 is 0 Å². The van der Waals surface area contributed by atoms with Crippen LogP contribution in [0, 0.1) is 0 Å². The van der Waals surface area contributed by atoms with Crippen LogP contribution in [0.25, 0.3) is 0 Å². The average Bonchev–Trinajstić information content (AvgIpc) is 3.27. The van der Waals surface area contributed by atoms with E-state index < -0.39 is 44.1 Å². The zero-order chi connectivity index (χ0) is 47.2. The number of anilines is 2. The van der Waals surface area contributed by atoms with E-state index in [1.54, 1.807) is 78.9 Å². The molecular formula is C47H45F3N2O11S2. The van der Waals surface area contributed by atoms with Crippen LogP contribution in [0.3, 0.4) is 0 Å². The largest absolute Gasteiger partial charge is 0.573 e. The van der Waals surface area contributed by atoms with Crippen molar-refractivity contribution in [2.75, 3.05) is 23.7 Å². The third-order valence-corrected chi connectivity index (χ3v) is 12.6. The van der Waals surface area contributed by atoms with Crippen LogP contribution in [-0.2, 0) is 45.7 Å². The fourth-order valence-electron chi connectivity index (χ4n) is 6.72. The molecule has 0 amide bonds. The highest BCUT2D eigenvalue weighted by atomic mass is 32.2. The van der Waals surface area contributed by atoms with Crippen molar-refractivity contribution in [3.05, 3.63) is 173 Å². The van der Waals surface area contributed by atoms with Gasteiger partial charge in [-0.05, 0) is 121 Å². The molecule has 0 saturated heterocycles. The minimum atomic E-state index is -4.87. The Hall–Kier alpha value is -7.05. The highest BCUT2D eigenvalue weighted by Crippen LogP contribution is 2.31. The number of benzene rings is 6. The number of halogens is 3. The van der Waals surface area contributed by atoms with E-state index in [4.69, 9.17) is 9.47 Å². The van der Waals surface area contributed by atoms with Gasteiger partial charge in [0, 0.05) is 6.07 Å². The van der Waals surface area contributed by atoms with Crippen LogP contribution in [-0.4, -0.2) is 59.6 Å². The molecule has 4 N–H and O–H groups in total. The standard InChI is InChI=1S/C24H25NO6S.C23H20F3NO5S/c1-30-22-15-14-19(16-23(22)31-2)32(28,29)25-21-13-6-4-9-18(21)11-7-10-17-8-3-5-12-20(17)24(26)27;24-23(25,26)32-18-12-14-19(15-13-18)33(30,31)27-21-11-4-2-7-17(21)9-5-8-16-6-1-3-10-20(16)22(28)29/h3-6,8-9,12-16,25H,7,10-11H2,1-2H3,(H,26,27);1-4,6-7,10-15,27H,5,8-9H2,(H,28,29). The van der Waals surface area contributed by atoms with E-state index in [0.29, 0.717) is 72.5 Å². The summed E-state index contributed by atoms with van der Waals surface area (Å²) in [6, 6.07) is 35.8. The lowest BCUT2D eigenvalue weighted by Crippen LogP contribution is -2.17. The lowest BCUT2D eigenvalue weighted by Gasteiger charge is -2.14. The van der Waals surface area contributed by atoms with Crippen LogP contribution in [0.4, 0.5) is 24.5 Å². The molecule has 6 rings (SSSR count). The summed E-state index contributed by atoms with van der Waals surface area (Å²) in [5, 5.41) is 18.6. The maximum absolute atomic E-state index is 13.0. The van der Waals surface area contributed by atoms with Gasteiger partial charge < -0.3 is 24.4 Å². The molecule has 18 heteroatoms. The second-order valence-electron chi connectivity index (χ2n) is 14.2. The SMILES string of the molecule is COc1ccc(S(=O)(=O)Nc2ccccc2CCCc2ccccc2C(=O)O)cc1OC.O=C(O)c1ccccc1CCCc1ccccc1NS(=O)(=O)c1ccc(OC(F)(F)F)cc1. The third-order valence-electron chi connectivity index (χ3n) is 9.84. The number of sulfonamides is 2. The number of ether oxygens (including phenoxy) is 3. The molecule has 0 unspecified atom stereocenters. The lowest BCUT2D eigenvalue weighted by molar-refractivity contribution is -0.274. The van der Waals surface area contributed by atoms with Gasteiger partial charge in [-0.1, -0.05) is 72.8 Å². The number of methoxy groups -OCH3 is 2. The van der Waals surface area contributed by atoms with E-state index >= 15 is 0 Å². The Morgan fingerprint density at radius 2 is 0.908 bits per heavy atom. The quantitative estimate of drug-likeness (QED) is 0.0604. The van der Waals surface area contributed by atoms with Gasteiger partial charge in [-0.15, -0.1) is 13.2 Å². The van der Waals surface area contributed by atoms with Gasteiger partial charge in [0.25, 0.3) is 20.0 Å². The molecule has 0 saturated carbocycles. The van der Waals surface area contributed by atoms with E-state index in [1.807, 2.05) is 18.2 Å². The van der Waals surface area contributed by atoms with Crippen molar-refractivity contribution in [3.63, 3.8) is 0 Å². The number of para-hydroxylation sites is 2. The predicted octanol–water partition coefficient (Wildman–Crippen LogP) is 9.64. The van der Waals surface area contributed by atoms with Gasteiger partial charge in [0.15, 0.2) is 11.5 Å². The van der Waals surface area contributed by atoms with E-state index in [1.165, 1.54) is 32.4 Å². The summed E-state index contributed by atoms with van der Waals surface area (Å²) in [6.45, 7) is 0. The second-order valence-corrected chi connectivity index (χ2v) is 17.6. The topological polar surface area (TPSA) is 195 Å². The number of aryl methyl sites for hydroxylation is 4. The van der Waals surface area contributed by atoms with Gasteiger partial charge >= 0.3 is 18.3 Å². The number of hydrogen-bond acceptors (Lipinski definition) is 9. The van der Waals surface area contributed by atoms with Gasteiger partial charge in [0.05, 0.1) is 46.5 Å². The van der Waals surface area contributed by atoms with Crippen LogP contribution < -0.4 is 23.7 Å². The zero-order valence-electron chi connectivity index (χ0n) is 35.0. The highest BCUT2D eigenvalue weighted by molar-refractivity contribution is 7.93. The Balaban J connectivity index is 0.000000244. The molecule has 0 fully saturated rings. The number of alkyl halides is 3. The Kier molecular flexibility index (Phi) is 16.6. The molecule has 13 nitrogen and oxygen atoms in total. The summed E-state index contributed by atoms with van der Waals surface area (Å²) in [4.78, 5) is 22.6. The molecule has 0 radical (unpaired) electrons. The number of rotatable bonds is 19. The zero-order valence-corrected chi connectivity index (χ0v) is 36.7. The van der Waals surface area contributed by atoms with E-state index in [-0.39, 0.29) is 20.9 Å². The maximum atomic E-state index is 13.0. The Bertz CT molecular complexity index is 2820. The molecule has 0 aliphatic rings. The second kappa shape index (κ2) is 22.0. The van der Waals surface area contributed by atoms with Crippen LogP contribution in [0.2, 0.25) is 0 Å². The summed E-state index contributed by atoms with van der Waals surface area (Å²) in [7, 11) is -4.98. The molecule has 6 aromatic carbocycles. The van der Waals surface area contributed by atoms with Crippen molar-refractivity contribution in [1.82, 2.24) is 0 Å². The van der Waals surface area contributed by atoms with Crippen LogP contribution in [0.15, 0.2) is 149 Å². The smallest absolute Gasteiger partial charge is 0.493 e. The molecule has 0 aromatic heterocycles. The maximum Gasteiger partial charge on any atom is 0.573 e. The summed E-state index contributed by atoms with van der Waals surface area (Å²) in [5.74, 6) is -1.73. The van der Waals surface area contributed by atoms with Gasteiger partial charge in [-0.2, -0.15) is 0 Å². The summed E-state index contributed by atoms with van der Waals surface area (Å²) in [6.07, 6.45) is -1.51. The van der Waals surface area contributed by atoms with Crippen molar-refractivity contribution >= 4 is 43.4 Å². The fourth-order valence-corrected chi connectivity index (χ4v) is 8.94. The average molecular weight is 935 g/mol. The first-order valence-corrected chi connectivity index (χ1v) is 22.8. The predicted molar refractivity (Wildman–Crippen MR) is 238 cm³/mol. The van der Waals surface area contributed by atoms with E-state index in [0.717, 1.165) is 35.4 Å². The van der Waals surface area contributed by atoms with Crippen molar-refractivity contribution < 1.29 is 64.0 Å². The van der Waals surface area contributed by atoms with Gasteiger partial charge in [0.2, 0.25) is 0 Å². The summed E-state index contributed by atoms with van der Waals surface area (Å²) >= 11 is 0. The number of carboxylic acid groups (broad SMARTS) is 2. The molecule has 0 spiro atoms. The van der Waals surface area contributed by atoms with E-state index in [9.17, 15) is 49.8 Å². The molecule has 342 valence electrons. The first-order chi connectivity index (χ1) is 30.9. The van der Waals surface area contributed by atoms with Gasteiger partial charge in [-0.3, -0.25) is 9.44 Å². The number of aromatic carboxylic acids is 2.